The van der Waals surface area contributed by atoms with E-state index in [1.54, 1.807) is 0 Å². The Labute approximate surface area is 81.0 Å². The zero-order valence-electron chi connectivity index (χ0n) is 8.85. The first-order valence-corrected chi connectivity index (χ1v) is 4.98. The standard InChI is InChI=1S/C12H19N/c1-4-11-7-9(2)12(5-6-13)10(3)8-11/h7-8H,4-6,13H2,1-3H3. The molecule has 1 nitrogen and oxygen atoms in total. The van der Waals surface area contributed by atoms with Crippen LogP contribution in [0.25, 0.3) is 0 Å². The predicted octanol–water partition coefficient (Wildman–Crippen LogP) is 2.37. The first-order chi connectivity index (χ1) is 6.19. The highest BCUT2D eigenvalue weighted by molar-refractivity contribution is 5.38. The third-order valence-corrected chi connectivity index (χ3v) is 2.56. The molecule has 1 rings (SSSR count). The van der Waals surface area contributed by atoms with E-state index in [1.807, 2.05) is 0 Å². The first kappa shape index (κ1) is 10.3. The Kier molecular flexibility index (Phi) is 3.49. The molecule has 0 aliphatic rings. The van der Waals surface area contributed by atoms with Gasteiger partial charge in [-0.1, -0.05) is 19.1 Å². The minimum absolute atomic E-state index is 0.743. The van der Waals surface area contributed by atoms with Gasteiger partial charge in [0.25, 0.3) is 0 Å². The highest BCUT2D eigenvalue weighted by Gasteiger charge is 2.02. The fourth-order valence-electron chi connectivity index (χ4n) is 1.83. The molecule has 2 N–H and O–H groups in total. The van der Waals surface area contributed by atoms with Crippen molar-refractivity contribution in [2.75, 3.05) is 6.54 Å². The number of benzene rings is 1. The van der Waals surface area contributed by atoms with Gasteiger partial charge in [-0.15, -0.1) is 0 Å². The summed E-state index contributed by atoms with van der Waals surface area (Å²) < 4.78 is 0. The van der Waals surface area contributed by atoms with E-state index in [0.717, 1.165) is 19.4 Å². The highest BCUT2D eigenvalue weighted by atomic mass is 14.5. The van der Waals surface area contributed by atoms with Gasteiger partial charge in [-0.25, -0.2) is 0 Å². The summed E-state index contributed by atoms with van der Waals surface area (Å²) in [6.07, 6.45) is 2.12. The third kappa shape index (κ3) is 2.31. The summed E-state index contributed by atoms with van der Waals surface area (Å²) in [7, 11) is 0. The van der Waals surface area contributed by atoms with Crippen molar-refractivity contribution >= 4 is 0 Å². The van der Waals surface area contributed by atoms with Crippen molar-refractivity contribution in [3.05, 3.63) is 34.4 Å². The summed E-state index contributed by atoms with van der Waals surface area (Å²) in [6, 6.07) is 4.55. The smallest absolute Gasteiger partial charge is 0.00365 e. The Morgan fingerprint density at radius 3 is 2.08 bits per heavy atom. The molecule has 0 saturated heterocycles. The molecule has 0 aliphatic carbocycles. The maximum atomic E-state index is 5.57. The summed E-state index contributed by atoms with van der Waals surface area (Å²) in [5.41, 5.74) is 11.2. The molecule has 72 valence electrons. The lowest BCUT2D eigenvalue weighted by Gasteiger charge is -2.10. The van der Waals surface area contributed by atoms with Gasteiger partial charge in [-0.2, -0.15) is 0 Å². The van der Waals surface area contributed by atoms with Gasteiger partial charge in [0.2, 0.25) is 0 Å². The number of rotatable bonds is 3. The molecule has 0 amide bonds. The molecule has 0 saturated carbocycles. The molecule has 0 bridgehead atoms. The normalized spacial score (nSPS) is 10.5. The monoisotopic (exact) mass is 177 g/mol. The maximum absolute atomic E-state index is 5.57. The zero-order chi connectivity index (χ0) is 9.84. The van der Waals surface area contributed by atoms with E-state index in [9.17, 15) is 0 Å². The highest BCUT2D eigenvalue weighted by Crippen LogP contribution is 2.17. The second-order valence-corrected chi connectivity index (χ2v) is 3.60. The number of hydrogen-bond donors (Lipinski definition) is 1. The van der Waals surface area contributed by atoms with Gasteiger partial charge >= 0.3 is 0 Å². The molecular formula is C12H19N. The van der Waals surface area contributed by atoms with E-state index in [4.69, 9.17) is 5.73 Å². The van der Waals surface area contributed by atoms with Crippen molar-refractivity contribution < 1.29 is 0 Å². The van der Waals surface area contributed by atoms with Crippen LogP contribution < -0.4 is 5.73 Å². The Hall–Kier alpha value is -0.820. The second-order valence-electron chi connectivity index (χ2n) is 3.60. The SMILES string of the molecule is CCc1cc(C)c(CCN)c(C)c1. The summed E-state index contributed by atoms with van der Waals surface area (Å²) in [5, 5.41) is 0. The molecule has 1 aromatic rings. The van der Waals surface area contributed by atoms with Crippen molar-refractivity contribution in [1.82, 2.24) is 0 Å². The van der Waals surface area contributed by atoms with E-state index in [2.05, 4.69) is 32.9 Å². The van der Waals surface area contributed by atoms with Gasteiger partial charge in [0.15, 0.2) is 0 Å². The van der Waals surface area contributed by atoms with Crippen LogP contribution in [0, 0.1) is 13.8 Å². The zero-order valence-corrected chi connectivity index (χ0v) is 8.85. The largest absolute Gasteiger partial charge is 0.330 e. The minimum atomic E-state index is 0.743. The number of aryl methyl sites for hydroxylation is 3. The van der Waals surface area contributed by atoms with Crippen LogP contribution in [0.15, 0.2) is 12.1 Å². The van der Waals surface area contributed by atoms with Crippen LogP contribution in [-0.2, 0) is 12.8 Å². The average Bonchev–Trinajstić information content (AvgIpc) is 2.11. The van der Waals surface area contributed by atoms with Crippen LogP contribution in [0.2, 0.25) is 0 Å². The van der Waals surface area contributed by atoms with Crippen molar-refractivity contribution in [3.8, 4) is 0 Å². The van der Waals surface area contributed by atoms with Crippen LogP contribution >= 0.6 is 0 Å². The molecule has 1 aromatic carbocycles. The molecule has 0 atom stereocenters. The van der Waals surface area contributed by atoms with Gasteiger partial charge in [-0.05, 0) is 55.5 Å². The van der Waals surface area contributed by atoms with Gasteiger partial charge in [0, 0.05) is 0 Å². The molecule has 0 aromatic heterocycles. The molecule has 13 heavy (non-hydrogen) atoms. The summed E-state index contributed by atoms with van der Waals surface area (Å²) in [6.45, 7) is 7.29. The lowest BCUT2D eigenvalue weighted by atomic mass is 9.96. The molecule has 1 heteroatoms. The molecule has 0 spiro atoms. The van der Waals surface area contributed by atoms with Crippen molar-refractivity contribution in [2.24, 2.45) is 5.73 Å². The summed E-state index contributed by atoms with van der Waals surface area (Å²) in [5.74, 6) is 0. The first-order valence-electron chi connectivity index (χ1n) is 4.98. The van der Waals surface area contributed by atoms with Crippen molar-refractivity contribution in [1.29, 1.82) is 0 Å². The van der Waals surface area contributed by atoms with Gasteiger partial charge in [0.05, 0.1) is 0 Å². The van der Waals surface area contributed by atoms with E-state index >= 15 is 0 Å². The molecule has 0 heterocycles. The quantitative estimate of drug-likeness (QED) is 0.753. The van der Waals surface area contributed by atoms with E-state index in [-0.39, 0.29) is 0 Å². The molecule has 0 fully saturated rings. The van der Waals surface area contributed by atoms with Crippen LogP contribution in [0.4, 0.5) is 0 Å². The lowest BCUT2D eigenvalue weighted by Crippen LogP contribution is -2.06. The van der Waals surface area contributed by atoms with Gasteiger partial charge in [-0.3, -0.25) is 0 Å². The van der Waals surface area contributed by atoms with Crippen LogP contribution in [0.5, 0.6) is 0 Å². The fourth-order valence-corrected chi connectivity index (χ4v) is 1.83. The molecule has 0 aliphatic heterocycles. The second kappa shape index (κ2) is 4.43. The van der Waals surface area contributed by atoms with E-state index in [0.29, 0.717) is 0 Å². The fraction of sp³-hybridized carbons (Fsp3) is 0.500. The number of nitrogens with two attached hydrogens (primary N) is 1. The number of hydrogen-bond acceptors (Lipinski definition) is 1. The van der Waals surface area contributed by atoms with Crippen LogP contribution in [0.3, 0.4) is 0 Å². The Morgan fingerprint density at radius 1 is 1.15 bits per heavy atom. The Bertz CT molecular complexity index is 266. The third-order valence-electron chi connectivity index (χ3n) is 2.56. The average molecular weight is 177 g/mol. The Balaban J connectivity index is 3.07. The topological polar surface area (TPSA) is 26.0 Å². The van der Waals surface area contributed by atoms with E-state index in [1.165, 1.54) is 22.3 Å². The Morgan fingerprint density at radius 2 is 1.69 bits per heavy atom. The lowest BCUT2D eigenvalue weighted by molar-refractivity contribution is 0.941. The molecule has 0 radical (unpaired) electrons. The van der Waals surface area contributed by atoms with Crippen LogP contribution in [-0.4, -0.2) is 6.54 Å². The maximum Gasteiger partial charge on any atom is -0.00365 e. The molecular weight excluding hydrogens is 158 g/mol. The van der Waals surface area contributed by atoms with Gasteiger partial charge < -0.3 is 5.73 Å². The van der Waals surface area contributed by atoms with Crippen molar-refractivity contribution in [2.45, 2.75) is 33.6 Å². The van der Waals surface area contributed by atoms with E-state index < -0.39 is 0 Å². The van der Waals surface area contributed by atoms with Crippen molar-refractivity contribution in [3.63, 3.8) is 0 Å². The van der Waals surface area contributed by atoms with Gasteiger partial charge in [0.1, 0.15) is 0 Å². The minimum Gasteiger partial charge on any atom is -0.330 e. The summed E-state index contributed by atoms with van der Waals surface area (Å²) >= 11 is 0. The predicted molar refractivity (Wildman–Crippen MR) is 58.1 cm³/mol. The van der Waals surface area contributed by atoms with Crippen LogP contribution in [0.1, 0.15) is 29.2 Å². The molecule has 0 unspecified atom stereocenters. The summed E-state index contributed by atoms with van der Waals surface area (Å²) in [4.78, 5) is 0.